The number of amides is 1. The van der Waals surface area contributed by atoms with Crippen LogP contribution in [0.25, 0.3) is 0 Å². The molecule has 2 atom stereocenters. The second-order valence-corrected chi connectivity index (χ2v) is 6.34. The first-order chi connectivity index (χ1) is 11.2. The largest absolute Gasteiger partial charge is 0.493 e. The third-order valence-electron chi connectivity index (χ3n) is 4.86. The molecule has 0 aliphatic carbocycles. The predicted octanol–water partition coefficient (Wildman–Crippen LogP) is 2.80. The summed E-state index contributed by atoms with van der Waals surface area (Å²) in [4.78, 5) is 25.9. The van der Waals surface area contributed by atoms with E-state index in [0.29, 0.717) is 19.4 Å². The molecule has 2 heterocycles. The van der Waals surface area contributed by atoms with Gasteiger partial charge in [-0.25, -0.2) is 0 Å². The average molecular weight is 317 g/mol. The van der Waals surface area contributed by atoms with Gasteiger partial charge in [-0.15, -0.1) is 0 Å². The van der Waals surface area contributed by atoms with E-state index in [0.717, 1.165) is 37.1 Å². The standard InChI is InChI=1S/C18H23NO4/c20-17(21)9-8-13-5-3-4-11-19(13)18(22)15-10-12-23-16-7-2-1-6-14(15)16/h1-2,6-7,13,15H,3-5,8-12H2,(H,20,21)/t13-,15-/m1/s1. The van der Waals surface area contributed by atoms with E-state index in [9.17, 15) is 9.59 Å². The van der Waals surface area contributed by atoms with E-state index >= 15 is 0 Å². The quantitative estimate of drug-likeness (QED) is 0.927. The minimum atomic E-state index is -0.792. The number of nitrogens with zero attached hydrogens (tertiary/aromatic N) is 1. The topological polar surface area (TPSA) is 66.8 Å². The van der Waals surface area contributed by atoms with E-state index in [1.165, 1.54) is 0 Å². The molecule has 0 bridgehead atoms. The van der Waals surface area contributed by atoms with Gasteiger partial charge >= 0.3 is 5.97 Å². The van der Waals surface area contributed by atoms with Crippen LogP contribution in [0.1, 0.15) is 50.0 Å². The Balaban J connectivity index is 1.77. The maximum atomic E-state index is 13.1. The van der Waals surface area contributed by atoms with Crippen molar-refractivity contribution >= 4 is 11.9 Å². The van der Waals surface area contributed by atoms with Crippen LogP contribution in [0.5, 0.6) is 5.75 Å². The molecule has 23 heavy (non-hydrogen) atoms. The van der Waals surface area contributed by atoms with Crippen LogP contribution in [0.3, 0.4) is 0 Å². The highest BCUT2D eigenvalue weighted by atomic mass is 16.5. The Morgan fingerprint density at radius 1 is 1.22 bits per heavy atom. The lowest BCUT2D eigenvalue weighted by Crippen LogP contribution is -2.46. The molecule has 0 spiro atoms. The van der Waals surface area contributed by atoms with E-state index in [4.69, 9.17) is 9.84 Å². The van der Waals surface area contributed by atoms with Crippen LogP contribution in [0.15, 0.2) is 24.3 Å². The maximum absolute atomic E-state index is 13.1. The molecular weight excluding hydrogens is 294 g/mol. The molecule has 0 aromatic heterocycles. The molecule has 0 radical (unpaired) electrons. The summed E-state index contributed by atoms with van der Waals surface area (Å²) >= 11 is 0. The van der Waals surface area contributed by atoms with Crippen LogP contribution in [0, 0.1) is 0 Å². The number of rotatable bonds is 4. The van der Waals surface area contributed by atoms with Gasteiger partial charge in [-0.2, -0.15) is 0 Å². The van der Waals surface area contributed by atoms with Crippen LogP contribution in [0.4, 0.5) is 0 Å². The second kappa shape index (κ2) is 7.02. The van der Waals surface area contributed by atoms with Gasteiger partial charge in [-0.3, -0.25) is 9.59 Å². The summed E-state index contributed by atoms with van der Waals surface area (Å²) < 4.78 is 5.65. The van der Waals surface area contributed by atoms with Gasteiger partial charge in [-0.05, 0) is 38.2 Å². The highest BCUT2D eigenvalue weighted by molar-refractivity contribution is 5.85. The number of likely N-dealkylation sites (tertiary alicyclic amines) is 1. The number of piperidine rings is 1. The summed E-state index contributed by atoms with van der Waals surface area (Å²) in [5.74, 6) is -0.0169. The number of para-hydroxylation sites is 1. The van der Waals surface area contributed by atoms with Crippen molar-refractivity contribution in [1.29, 1.82) is 0 Å². The normalized spacial score (nSPS) is 23.7. The van der Waals surface area contributed by atoms with Crippen LogP contribution in [-0.2, 0) is 9.59 Å². The first-order valence-corrected chi connectivity index (χ1v) is 8.41. The van der Waals surface area contributed by atoms with E-state index < -0.39 is 5.97 Å². The second-order valence-electron chi connectivity index (χ2n) is 6.34. The summed E-state index contributed by atoms with van der Waals surface area (Å²) in [7, 11) is 0. The first-order valence-electron chi connectivity index (χ1n) is 8.41. The summed E-state index contributed by atoms with van der Waals surface area (Å²) in [5, 5.41) is 8.93. The zero-order valence-corrected chi connectivity index (χ0v) is 13.2. The first kappa shape index (κ1) is 15.8. The molecule has 1 N–H and O–H groups in total. The van der Waals surface area contributed by atoms with Crippen LogP contribution in [0.2, 0.25) is 0 Å². The monoisotopic (exact) mass is 317 g/mol. The van der Waals surface area contributed by atoms with Crippen molar-refractivity contribution < 1.29 is 19.4 Å². The Morgan fingerprint density at radius 2 is 2.04 bits per heavy atom. The number of fused-ring (bicyclic) bond motifs is 1. The zero-order chi connectivity index (χ0) is 16.2. The average Bonchev–Trinajstić information content (AvgIpc) is 2.59. The van der Waals surface area contributed by atoms with Gasteiger partial charge in [0.05, 0.1) is 12.5 Å². The number of carbonyl (C=O) groups excluding carboxylic acids is 1. The predicted molar refractivity (Wildman–Crippen MR) is 85.5 cm³/mol. The van der Waals surface area contributed by atoms with Crippen LogP contribution < -0.4 is 4.74 Å². The van der Waals surface area contributed by atoms with Gasteiger partial charge < -0.3 is 14.7 Å². The Kier molecular flexibility index (Phi) is 4.84. The molecule has 5 heteroatoms. The van der Waals surface area contributed by atoms with Gasteiger partial charge in [0, 0.05) is 24.6 Å². The molecule has 1 fully saturated rings. The third-order valence-corrected chi connectivity index (χ3v) is 4.86. The van der Waals surface area contributed by atoms with E-state index in [1.807, 2.05) is 29.2 Å². The van der Waals surface area contributed by atoms with Crippen molar-refractivity contribution in [3.05, 3.63) is 29.8 Å². The van der Waals surface area contributed by atoms with E-state index in [1.54, 1.807) is 0 Å². The van der Waals surface area contributed by atoms with Gasteiger partial charge in [-0.1, -0.05) is 18.2 Å². The molecule has 1 amide bonds. The lowest BCUT2D eigenvalue weighted by atomic mass is 9.89. The smallest absolute Gasteiger partial charge is 0.303 e. The summed E-state index contributed by atoms with van der Waals surface area (Å²) in [5.41, 5.74) is 0.964. The van der Waals surface area contributed by atoms with E-state index in [-0.39, 0.29) is 24.3 Å². The van der Waals surface area contributed by atoms with Crippen LogP contribution >= 0.6 is 0 Å². The number of carboxylic acids is 1. The molecule has 1 aromatic rings. The summed E-state index contributed by atoms with van der Waals surface area (Å²) in [6, 6.07) is 7.79. The third kappa shape index (κ3) is 3.49. The fraction of sp³-hybridized carbons (Fsp3) is 0.556. The lowest BCUT2D eigenvalue weighted by Gasteiger charge is -2.39. The van der Waals surface area contributed by atoms with E-state index in [2.05, 4.69) is 0 Å². The van der Waals surface area contributed by atoms with Crippen molar-refractivity contribution in [3.63, 3.8) is 0 Å². The number of hydrogen-bond acceptors (Lipinski definition) is 3. The number of carbonyl (C=O) groups is 2. The number of ether oxygens (including phenoxy) is 1. The van der Waals surface area contributed by atoms with Gasteiger partial charge in [0.25, 0.3) is 0 Å². The molecule has 2 aliphatic heterocycles. The minimum Gasteiger partial charge on any atom is -0.493 e. The number of benzene rings is 1. The fourth-order valence-corrected chi connectivity index (χ4v) is 3.68. The number of carboxylic acid groups (broad SMARTS) is 1. The lowest BCUT2D eigenvalue weighted by molar-refractivity contribution is -0.141. The molecule has 1 saturated heterocycles. The number of hydrogen-bond donors (Lipinski definition) is 1. The highest BCUT2D eigenvalue weighted by Gasteiger charge is 2.35. The number of aliphatic carboxylic acids is 1. The Hall–Kier alpha value is -2.04. The van der Waals surface area contributed by atoms with Crippen molar-refractivity contribution in [2.24, 2.45) is 0 Å². The molecule has 5 nitrogen and oxygen atoms in total. The maximum Gasteiger partial charge on any atom is 0.303 e. The minimum absolute atomic E-state index is 0.0577. The molecule has 0 unspecified atom stereocenters. The highest BCUT2D eigenvalue weighted by Crippen LogP contribution is 2.36. The summed E-state index contributed by atoms with van der Waals surface area (Å²) in [6.07, 6.45) is 4.34. The van der Waals surface area contributed by atoms with Crippen molar-refractivity contribution in [3.8, 4) is 5.75 Å². The van der Waals surface area contributed by atoms with Gasteiger partial charge in [0.2, 0.25) is 5.91 Å². The Morgan fingerprint density at radius 3 is 2.87 bits per heavy atom. The molecule has 2 aliphatic rings. The van der Waals surface area contributed by atoms with Crippen molar-refractivity contribution in [2.45, 2.75) is 50.5 Å². The SMILES string of the molecule is O=C(O)CC[C@H]1CCCCN1C(=O)[C@@H]1CCOc2ccccc21. The zero-order valence-electron chi connectivity index (χ0n) is 13.2. The van der Waals surface area contributed by atoms with Crippen molar-refractivity contribution in [2.75, 3.05) is 13.2 Å². The van der Waals surface area contributed by atoms with Crippen LogP contribution in [-0.4, -0.2) is 41.1 Å². The van der Waals surface area contributed by atoms with Gasteiger partial charge in [0.15, 0.2) is 0 Å². The molecule has 0 saturated carbocycles. The van der Waals surface area contributed by atoms with Gasteiger partial charge in [0.1, 0.15) is 5.75 Å². The fourth-order valence-electron chi connectivity index (χ4n) is 3.68. The Labute approximate surface area is 136 Å². The Bertz CT molecular complexity index is 586. The van der Waals surface area contributed by atoms with Crippen molar-refractivity contribution in [1.82, 2.24) is 4.90 Å². The molecule has 3 rings (SSSR count). The molecular formula is C18H23NO4. The molecule has 1 aromatic carbocycles. The molecule has 124 valence electrons. The summed E-state index contributed by atoms with van der Waals surface area (Å²) in [6.45, 7) is 1.30.